The summed E-state index contributed by atoms with van der Waals surface area (Å²) in [5.41, 5.74) is 0.736. The van der Waals surface area contributed by atoms with Crippen LogP contribution in [0.3, 0.4) is 0 Å². The third kappa shape index (κ3) is 3.90. The van der Waals surface area contributed by atoms with E-state index < -0.39 is 10.0 Å². The van der Waals surface area contributed by atoms with Gasteiger partial charge < -0.3 is 9.64 Å². The second-order valence-corrected chi connectivity index (χ2v) is 7.84. The Labute approximate surface area is 145 Å². The van der Waals surface area contributed by atoms with E-state index in [0.717, 1.165) is 48.8 Å². The highest BCUT2D eigenvalue weighted by atomic mass is 32.2. The molecule has 0 unspecified atom stereocenters. The molecule has 0 radical (unpaired) electrons. The molecule has 1 saturated heterocycles. The van der Waals surface area contributed by atoms with Crippen molar-refractivity contribution >= 4 is 27.9 Å². The Morgan fingerprint density at radius 2 is 2.00 bits per heavy atom. The molecule has 128 valence electrons. The molecule has 0 saturated carbocycles. The molecule has 1 aromatic heterocycles. The van der Waals surface area contributed by atoms with E-state index in [1.807, 2.05) is 11.8 Å². The van der Waals surface area contributed by atoms with Crippen molar-refractivity contribution in [2.75, 3.05) is 19.7 Å². The Hall–Kier alpha value is -2.00. The van der Waals surface area contributed by atoms with Gasteiger partial charge in [0, 0.05) is 30.2 Å². The predicted octanol–water partition coefficient (Wildman–Crippen LogP) is 2.42. The van der Waals surface area contributed by atoms with Gasteiger partial charge in [-0.3, -0.25) is 0 Å². The zero-order valence-corrected chi connectivity index (χ0v) is 14.9. The molecule has 3 rings (SSSR count). The van der Waals surface area contributed by atoms with E-state index in [-0.39, 0.29) is 4.34 Å². The minimum absolute atomic E-state index is 0.0955. The van der Waals surface area contributed by atoms with Crippen LogP contribution in [0.15, 0.2) is 33.0 Å². The normalized spacial score (nSPS) is 15.3. The summed E-state index contributed by atoms with van der Waals surface area (Å²) in [7, 11) is -3.80. The summed E-state index contributed by atoms with van der Waals surface area (Å²) in [6.45, 7) is 4.18. The SMILES string of the molecule is CCOc1ccc(-c2nsc(S(=O)(=O)N=CN3CCCC3)n2)cc1. The summed E-state index contributed by atoms with van der Waals surface area (Å²) in [5.74, 6) is 1.12. The summed E-state index contributed by atoms with van der Waals surface area (Å²) in [5, 5.41) is 0. The Balaban J connectivity index is 1.76. The number of benzene rings is 1. The quantitative estimate of drug-likeness (QED) is 0.576. The van der Waals surface area contributed by atoms with Gasteiger partial charge in [-0.15, -0.1) is 4.40 Å². The average molecular weight is 366 g/mol. The first kappa shape index (κ1) is 16.8. The Morgan fingerprint density at radius 1 is 1.29 bits per heavy atom. The zero-order chi connectivity index (χ0) is 17.0. The molecule has 2 heterocycles. The van der Waals surface area contributed by atoms with Crippen LogP contribution in [-0.4, -0.2) is 48.7 Å². The summed E-state index contributed by atoms with van der Waals surface area (Å²) in [6, 6.07) is 7.22. The van der Waals surface area contributed by atoms with Crippen LogP contribution in [-0.2, 0) is 10.0 Å². The van der Waals surface area contributed by atoms with Crippen LogP contribution >= 0.6 is 11.5 Å². The van der Waals surface area contributed by atoms with E-state index in [2.05, 4.69) is 13.8 Å². The second kappa shape index (κ2) is 7.27. The van der Waals surface area contributed by atoms with Crippen molar-refractivity contribution in [1.82, 2.24) is 14.3 Å². The van der Waals surface area contributed by atoms with E-state index in [1.54, 1.807) is 24.3 Å². The van der Waals surface area contributed by atoms with Gasteiger partial charge in [-0.05, 0) is 44.0 Å². The molecule has 0 amide bonds. The van der Waals surface area contributed by atoms with Crippen LogP contribution in [0.2, 0.25) is 0 Å². The van der Waals surface area contributed by atoms with Crippen molar-refractivity contribution in [3.8, 4) is 17.1 Å². The summed E-state index contributed by atoms with van der Waals surface area (Å²) >= 11 is 0.836. The summed E-state index contributed by atoms with van der Waals surface area (Å²) < 4.78 is 37.6. The molecule has 1 aromatic carbocycles. The molecule has 0 bridgehead atoms. The lowest BCUT2D eigenvalue weighted by atomic mass is 10.2. The third-order valence-electron chi connectivity index (χ3n) is 3.54. The maximum absolute atomic E-state index is 12.2. The van der Waals surface area contributed by atoms with Gasteiger partial charge in [-0.25, -0.2) is 4.98 Å². The number of aromatic nitrogens is 2. The first-order valence-corrected chi connectivity index (χ1v) is 9.91. The number of hydrogen-bond donors (Lipinski definition) is 0. The smallest absolute Gasteiger partial charge is 0.312 e. The van der Waals surface area contributed by atoms with Crippen LogP contribution in [0.25, 0.3) is 11.4 Å². The van der Waals surface area contributed by atoms with Gasteiger partial charge in [0.25, 0.3) is 4.34 Å². The van der Waals surface area contributed by atoms with Crippen LogP contribution in [0.4, 0.5) is 0 Å². The molecule has 0 spiro atoms. The fourth-order valence-electron chi connectivity index (χ4n) is 2.33. The molecule has 9 heteroatoms. The zero-order valence-electron chi connectivity index (χ0n) is 13.3. The standard InChI is InChI=1S/C15H18N4O3S2/c1-2-22-13-7-5-12(6-8-13)14-17-15(23-18-14)24(20,21)16-11-19-9-3-4-10-19/h5-8,11H,2-4,9-10H2,1H3. The monoisotopic (exact) mass is 366 g/mol. The number of ether oxygens (including phenoxy) is 1. The number of rotatable bonds is 6. The maximum Gasteiger partial charge on any atom is 0.312 e. The Morgan fingerprint density at radius 3 is 2.67 bits per heavy atom. The molecular formula is C15H18N4O3S2. The number of sulfonamides is 1. The van der Waals surface area contributed by atoms with Gasteiger partial charge in [0.05, 0.1) is 6.61 Å². The van der Waals surface area contributed by atoms with Gasteiger partial charge in [-0.1, -0.05) is 0 Å². The summed E-state index contributed by atoms with van der Waals surface area (Å²) in [4.78, 5) is 6.01. The van der Waals surface area contributed by atoms with Crippen molar-refractivity contribution in [3.63, 3.8) is 0 Å². The third-order valence-corrected chi connectivity index (χ3v) is 5.81. The largest absolute Gasteiger partial charge is 0.494 e. The van der Waals surface area contributed by atoms with Crippen LogP contribution in [0.1, 0.15) is 19.8 Å². The topological polar surface area (TPSA) is 84.8 Å². The van der Waals surface area contributed by atoms with Crippen molar-refractivity contribution < 1.29 is 13.2 Å². The fourth-order valence-corrected chi connectivity index (χ4v) is 3.93. The van der Waals surface area contributed by atoms with Crippen molar-refractivity contribution in [2.45, 2.75) is 24.1 Å². The molecule has 1 aliphatic heterocycles. The van der Waals surface area contributed by atoms with Crippen molar-refractivity contribution in [3.05, 3.63) is 24.3 Å². The molecule has 0 N–H and O–H groups in total. The molecule has 7 nitrogen and oxygen atoms in total. The lowest BCUT2D eigenvalue weighted by Crippen LogP contribution is -2.17. The lowest BCUT2D eigenvalue weighted by molar-refractivity contribution is 0.340. The van der Waals surface area contributed by atoms with E-state index in [4.69, 9.17) is 4.74 Å². The predicted molar refractivity (Wildman–Crippen MR) is 93.0 cm³/mol. The summed E-state index contributed by atoms with van der Waals surface area (Å²) in [6.07, 6.45) is 3.51. The lowest BCUT2D eigenvalue weighted by Gasteiger charge is -2.07. The molecule has 0 atom stereocenters. The first-order chi connectivity index (χ1) is 11.6. The van der Waals surface area contributed by atoms with E-state index in [0.29, 0.717) is 12.4 Å². The Kier molecular flexibility index (Phi) is 5.10. The average Bonchev–Trinajstić information content (AvgIpc) is 3.26. The van der Waals surface area contributed by atoms with E-state index in [9.17, 15) is 8.42 Å². The van der Waals surface area contributed by atoms with E-state index in [1.165, 1.54) is 6.34 Å². The highest BCUT2D eigenvalue weighted by Crippen LogP contribution is 2.24. The van der Waals surface area contributed by atoms with Gasteiger partial charge in [0.15, 0.2) is 5.82 Å². The van der Waals surface area contributed by atoms with E-state index >= 15 is 0 Å². The molecule has 1 aliphatic rings. The van der Waals surface area contributed by atoms with Crippen LogP contribution < -0.4 is 4.74 Å². The van der Waals surface area contributed by atoms with Crippen LogP contribution in [0.5, 0.6) is 5.75 Å². The van der Waals surface area contributed by atoms with Gasteiger partial charge in [-0.2, -0.15) is 12.8 Å². The van der Waals surface area contributed by atoms with Crippen molar-refractivity contribution in [1.29, 1.82) is 0 Å². The first-order valence-electron chi connectivity index (χ1n) is 7.70. The maximum atomic E-state index is 12.2. The minimum atomic E-state index is -3.80. The number of hydrogen-bond acceptors (Lipinski definition) is 6. The van der Waals surface area contributed by atoms with Gasteiger partial charge in [0.2, 0.25) is 0 Å². The molecule has 2 aromatic rings. The van der Waals surface area contributed by atoms with Crippen LogP contribution in [0, 0.1) is 0 Å². The number of likely N-dealkylation sites (tertiary alicyclic amines) is 1. The number of nitrogens with zero attached hydrogens (tertiary/aromatic N) is 4. The van der Waals surface area contributed by atoms with Gasteiger partial charge in [0.1, 0.15) is 12.1 Å². The molecule has 0 aliphatic carbocycles. The molecule has 24 heavy (non-hydrogen) atoms. The highest BCUT2D eigenvalue weighted by Gasteiger charge is 2.20. The van der Waals surface area contributed by atoms with Gasteiger partial charge >= 0.3 is 10.0 Å². The fraction of sp³-hybridized carbons (Fsp3) is 0.400. The minimum Gasteiger partial charge on any atom is -0.494 e. The molecule has 1 fully saturated rings. The second-order valence-electron chi connectivity index (χ2n) is 5.28. The Bertz CT molecular complexity index is 809. The highest BCUT2D eigenvalue weighted by molar-refractivity contribution is 7.92. The van der Waals surface area contributed by atoms with Crippen molar-refractivity contribution in [2.24, 2.45) is 4.40 Å². The molecular weight excluding hydrogens is 348 g/mol.